The minimum absolute atomic E-state index is 0.189. The highest BCUT2D eigenvalue weighted by Gasteiger charge is 2.32. The van der Waals surface area contributed by atoms with Gasteiger partial charge in [0.15, 0.2) is 0 Å². The quantitative estimate of drug-likeness (QED) is 0.117. The predicted molar refractivity (Wildman–Crippen MR) is 335 cm³/mol. The van der Waals surface area contributed by atoms with Crippen LogP contribution in [-0.4, -0.2) is 68.9 Å². The Morgan fingerprint density at radius 2 is 0.675 bits per heavy atom. The average molecular weight is 1060 g/mol. The van der Waals surface area contributed by atoms with Crippen molar-refractivity contribution in [1.29, 1.82) is 0 Å². The molecule has 0 saturated heterocycles. The summed E-state index contributed by atoms with van der Waals surface area (Å²) in [5, 5.41) is 0. The summed E-state index contributed by atoms with van der Waals surface area (Å²) in [7, 11) is 10.3. The van der Waals surface area contributed by atoms with Gasteiger partial charge < -0.3 is 58.5 Å². The Hall–Kier alpha value is -9.42. The molecule has 4 aliphatic rings. The summed E-state index contributed by atoms with van der Waals surface area (Å²) in [5.74, 6) is 2.88. The van der Waals surface area contributed by atoms with Crippen molar-refractivity contribution in [3.8, 4) is 23.0 Å². The summed E-state index contributed by atoms with van der Waals surface area (Å²) in [5.41, 5.74) is 21.3. The van der Waals surface area contributed by atoms with Crippen molar-refractivity contribution < 1.29 is 13.6 Å². The maximum absolute atomic E-state index is 8.39. The van der Waals surface area contributed by atoms with Gasteiger partial charge in [-0.25, -0.2) is 0 Å². The van der Waals surface area contributed by atoms with E-state index >= 15 is 0 Å². The fourth-order valence-electron chi connectivity index (χ4n) is 11.5. The molecule has 0 aliphatic carbocycles. The van der Waals surface area contributed by atoms with Crippen LogP contribution in [0.15, 0.2) is 182 Å². The second-order valence-corrected chi connectivity index (χ2v) is 22.0. The Labute approximate surface area is 475 Å². The third-order valence-electron chi connectivity index (χ3n) is 16.2. The molecule has 0 bridgehead atoms. The van der Waals surface area contributed by atoms with Gasteiger partial charge in [-0.05, 0) is 159 Å². The lowest BCUT2D eigenvalue weighted by atomic mass is 10.1. The van der Waals surface area contributed by atoms with E-state index in [0.29, 0.717) is 30.5 Å². The summed E-state index contributed by atoms with van der Waals surface area (Å²) >= 11 is 0. The summed E-state index contributed by atoms with van der Waals surface area (Å²) in [6, 6.07) is 63.9. The maximum atomic E-state index is 8.39. The zero-order valence-electron chi connectivity index (χ0n) is 49.9. The molecule has 9 aromatic rings. The minimum atomic E-state index is -2.31. The first kappa shape index (κ1) is 46.7. The van der Waals surface area contributed by atoms with Gasteiger partial charge in [-0.1, -0.05) is 36.4 Å². The molecule has 402 valence electrons. The van der Waals surface area contributed by atoms with Gasteiger partial charge in [-0.2, -0.15) is 0 Å². The van der Waals surface area contributed by atoms with Crippen molar-refractivity contribution >= 4 is 91.0 Å². The molecule has 0 amide bonds. The number of anilines is 16. The van der Waals surface area contributed by atoms with E-state index in [2.05, 4.69) is 227 Å². The highest BCUT2D eigenvalue weighted by atomic mass is 16.5. The first-order valence-electron chi connectivity index (χ1n) is 28.8. The molecule has 0 radical (unpaired) electrons. The number of ether oxygens (including phenoxy) is 2. The molecule has 0 unspecified atom stereocenters. The zero-order chi connectivity index (χ0) is 57.6. The number of aryl methyl sites for hydroxylation is 4. The van der Waals surface area contributed by atoms with Crippen LogP contribution < -0.4 is 58.5 Å². The van der Waals surface area contributed by atoms with Crippen molar-refractivity contribution in [1.82, 2.24) is 0 Å². The van der Waals surface area contributed by atoms with Crippen molar-refractivity contribution in [2.24, 2.45) is 0 Å². The molecular weight excluding hydrogens is 989 g/mol. The first-order chi connectivity index (χ1) is 39.9. The van der Waals surface area contributed by atoms with Gasteiger partial charge >= 0.3 is 0 Å². The Morgan fingerprint density at radius 3 is 1.07 bits per heavy atom. The SMILES string of the molecule is [2H]C([2H])([2H])N1CN(c2cc(Oc3cccc(N4CN(c5ccc(N6CN(c7cccc(Oc8cc(N(C)C)cc(N9CN(C)c%10cc(C)c(C)cc%109)c8)c7)c7ccccc76)cc5)c5ccccc54)c3)cc(N(C)C)c2)c2cc(C)c(C)cc21. The van der Waals surface area contributed by atoms with E-state index < -0.39 is 6.98 Å². The molecule has 12 nitrogen and oxygen atoms in total. The van der Waals surface area contributed by atoms with Crippen LogP contribution in [0.4, 0.5) is 91.0 Å². The number of hydrogen-bond donors (Lipinski definition) is 0. The molecular formula is C68H68N10O2. The summed E-state index contributed by atoms with van der Waals surface area (Å²) < 4.78 is 38.7. The number of fused-ring (bicyclic) bond motifs is 4. The average Bonchev–Trinajstić information content (AvgIpc) is 4.32. The van der Waals surface area contributed by atoms with Crippen molar-refractivity contribution in [3.05, 3.63) is 204 Å². The summed E-state index contributed by atoms with van der Waals surface area (Å²) in [6.45, 7) is 8.29. The molecule has 0 N–H and O–H groups in total. The van der Waals surface area contributed by atoms with Gasteiger partial charge in [0.2, 0.25) is 0 Å². The highest BCUT2D eigenvalue weighted by Crippen LogP contribution is 2.50. The normalized spacial score (nSPS) is 14.9. The maximum Gasteiger partial charge on any atom is 0.131 e. The third-order valence-corrected chi connectivity index (χ3v) is 16.2. The van der Waals surface area contributed by atoms with Crippen molar-refractivity contribution in [2.45, 2.75) is 27.7 Å². The van der Waals surface area contributed by atoms with Crippen LogP contribution in [0.2, 0.25) is 0 Å². The van der Waals surface area contributed by atoms with Gasteiger partial charge in [0.1, 0.15) is 36.3 Å². The second kappa shape index (κ2) is 19.8. The highest BCUT2D eigenvalue weighted by molar-refractivity contribution is 5.91. The van der Waals surface area contributed by atoms with Gasteiger partial charge in [-0.15, -0.1) is 0 Å². The van der Waals surface area contributed by atoms with E-state index in [1.807, 2.05) is 62.3 Å². The van der Waals surface area contributed by atoms with Gasteiger partial charge in [0.05, 0.1) is 58.8 Å². The fraction of sp³-hybridized carbons (Fsp3) is 0.206. The lowest BCUT2D eigenvalue weighted by Gasteiger charge is -2.25. The molecule has 0 aromatic heterocycles. The van der Waals surface area contributed by atoms with Crippen molar-refractivity contribution in [3.63, 3.8) is 0 Å². The molecule has 0 atom stereocenters. The molecule has 0 saturated carbocycles. The largest absolute Gasteiger partial charge is 0.457 e. The predicted octanol–water partition coefficient (Wildman–Crippen LogP) is 16.2. The Kier molecular flexibility index (Phi) is 11.5. The molecule has 4 heterocycles. The topological polar surface area (TPSA) is 50.9 Å². The summed E-state index contributed by atoms with van der Waals surface area (Å²) in [6.07, 6.45) is 0. The third kappa shape index (κ3) is 9.00. The lowest BCUT2D eigenvalue weighted by molar-refractivity contribution is 0.482. The van der Waals surface area contributed by atoms with Crippen LogP contribution in [-0.2, 0) is 0 Å². The summed E-state index contributed by atoms with van der Waals surface area (Å²) in [4.78, 5) is 21.8. The standard InChI is InChI=1S/C68H68N10O2/c1-45-29-65-67(31-47(45)3)73(41-71(65)9)55-33-53(69(5)6)37-59(39-55)79-57-19-15-17-51(35-57)77-43-75(61-21-11-13-23-63(61)77)49-25-27-50(28-26-49)76-44-78(64-24-14-12-22-62(64)76)52-18-16-20-58(36-52)80-60-38-54(70(7)8)34-56(40-60)74-42-72(10)66-30-46(2)48(4)32-68(66)74/h11-40H,41-44H2,1-10H3/i9D3. The van der Waals surface area contributed by atoms with E-state index in [4.69, 9.17) is 13.6 Å². The number of rotatable bonds is 12. The van der Waals surface area contributed by atoms with Crippen LogP contribution >= 0.6 is 0 Å². The second-order valence-electron chi connectivity index (χ2n) is 22.0. The Balaban J connectivity index is 0.732. The number of benzene rings is 9. The smallest absolute Gasteiger partial charge is 0.131 e. The Bertz CT molecular complexity index is 3980. The number of hydrogen-bond acceptors (Lipinski definition) is 12. The van der Waals surface area contributed by atoms with E-state index in [0.717, 1.165) is 103 Å². The minimum Gasteiger partial charge on any atom is -0.457 e. The number of nitrogens with zero attached hydrogens (tertiary/aromatic N) is 10. The van der Waals surface area contributed by atoms with E-state index in [9.17, 15) is 0 Å². The van der Waals surface area contributed by atoms with Gasteiger partial charge in [-0.3, -0.25) is 0 Å². The Morgan fingerprint density at radius 1 is 0.325 bits per heavy atom. The van der Waals surface area contributed by atoms with Crippen molar-refractivity contribution in [2.75, 3.05) is 118 Å². The lowest BCUT2D eigenvalue weighted by Crippen LogP contribution is -2.25. The van der Waals surface area contributed by atoms with Gasteiger partial charge in [0.25, 0.3) is 0 Å². The van der Waals surface area contributed by atoms with Crippen LogP contribution in [0.3, 0.4) is 0 Å². The van der Waals surface area contributed by atoms with E-state index in [-0.39, 0.29) is 6.67 Å². The molecule has 9 aromatic carbocycles. The molecule has 12 heteroatoms. The molecule has 13 rings (SSSR count). The molecule has 4 aliphatic heterocycles. The molecule has 0 fully saturated rings. The van der Waals surface area contributed by atoms with Crippen LogP contribution in [0.25, 0.3) is 0 Å². The monoisotopic (exact) mass is 1060 g/mol. The zero-order valence-corrected chi connectivity index (χ0v) is 46.9. The van der Waals surface area contributed by atoms with Crippen LogP contribution in [0, 0.1) is 27.7 Å². The number of para-hydroxylation sites is 4. The fourth-order valence-corrected chi connectivity index (χ4v) is 11.5. The van der Waals surface area contributed by atoms with Crippen LogP contribution in [0.1, 0.15) is 26.4 Å². The van der Waals surface area contributed by atoms with E-state index in [1.165, 1.54) is 27.4 Å². The van der Waals surface area contributed by atoms with Gasteiger partial charge in [0, 0.05) is 128 Å². The molecule has 0 spiro atoms. The van der Waals surface area contributed by atoms with E-state index in [1.54, 1.807) is 0 Å². The molecule has 80 heavy (non-hydrogen) atoms. The van der Waals surface area contributed by atoms with Crippen LogP contribution in [0.5, 0.6) is 23.0 Å². The first-order valence-corrected chi connectivity index (χ1v) is 27.3.